The summed E-state index contributed by atoms with van der Waals surface area (Å²) in [7, 11) is 3.67. The Balaban J connectivity index is 1.98. The Bertz CT molecular complexity index is 815. The van der Waals surface area contributed by atoms with Gasteiger partial charge in [0.15, 0.2) is 0 Å². The molecule has 5 heteroatoms. The molecule has 0 saturated carbocycles. The van der Waals surface area contributed by atoms with Gasteiger partial charge in [-0.3, -0.25) is 9.69 Å². The largest absolute Gasteiger partial charge is 0.447 e. The molecule has 1 aliphatic rings. The minimum atomic E-state index is -0.571. The van der Waals surface area contributed by atoms with Gasteiger partial charge in [0.2, 0.25) is 5.91 Å². The van der Waals surface area contributed by atoms with Crippen molar-refractivity contribution < 1.29 is 14.3 Å². The number of ether oxygens (including phenoxy) is 1. The van der Waals surface area contributed by atoms with E-state index in [1.54, 1.807) is 6.08 Å². The lowest BCUT2D eigenvalue weighted by Crippen LogP contribution is -2.49. The SMILES string of the molecule is C=C[C@@H](c1ccc2ccccc2c1)[C@@H](C(=O)N1CCOC1=O)N(C)C. The molecule has 2 aromatic carbocycles. The second kappa shape index (κ2) is 7.07. The minimum Gasteiger partial charge on any atom is -0.447 e. The molecule has 1 aliphatic heterocycles. The van der Waals surface area contributed by atoms with Gasteiger partial charge in [-0.05, 0) is 30.4 Å². The first-order valence-electron chi connectivity index (χ1n) is 8.28. The number of hydrogen-bond donors (Lipinski definition) is 0. The quantitative estimate of drug-likeness (QED) is 0.787. The van der Waals surface area contributed by atoms with E-state index in [4.69, 9.17) is 4.74 Å². The highest BCUT2D eigenvalue weighted by Gasteiger charge is 2.38. The van der Waals surface area contributed by atoms with Crippen molar-refractivity contribution in [3.05, 3.63) is 60.7 Å². The van der Waals surface area contributed by atoms with E-state index in [-0.39, 0.29) is 18.4 Å². The number of carbonyl (C=O) groups is 2. The van der Waals surface area contributed by atoms with Crippen LogP contribution in [0.5, 0.6) is 0 Å². The van der Waals surface area contributed by atoms with Crippen LogP contribution in [0.3, 0.4) is 0 Å². The van der Waals surface area contributed by atoms with Gasteiger partial charge in [-0.15, -0.1) is 6.58 Å². The summed E-state index contributed by atoms with van der Waals surface area (Å²) < 4.78 is 4.92. The van der Waals surface area contributed by atoms with Gasteiger partial charge in [0.05, 0.1) is 12.6 Å². The van der Waals surface area contributed by atoms with Gasteiger partial charge in [-0.2, -0.15) is 0 Å². The fourth-order valence-corrected chi connectivity index (χ4v) is 3.31. The number of benzene rings is 2. The van der Waals surface area contributed by atoms with Gasteiger partial charge < -0.3 is 4.74 Å². The number of rotatable bonds is 5. The summed E-state index contributed by atoms with van der Waals surface area (Å²) in [6.45, 7) is 4.48. The number of amides is 2. The molecule has 0 bridgehead atoms. The van der Waals surface area contributed by atoms with E-state index in [0.29, 0.717) is 6.54 Å². The number of cyclic esters (lactones) is 1. The molecule has 1 fully saturated rings. The van der Waals surface area contributed by atoms with Crippen LogP contribution in [-0.2, 0) is 9.53 Å². The van der Waals surface area contributed by atoms with Gasteiger partial charge >= 0.3 is 6.09 Å². The molecular weight excluding hydrogens is 316 g/mol. The molecule has 0 aliphatic carbocycles. The smallest absolute Gasteiger partial charge is 0.416 e. The maximum absolute atomic E-state index is 13.0. The topological polar surface area (TPSA) is 49.9 Å². The second-order valence-electron chi connectivity index (χ2n) is 6.38. The molecule has 1 saturated heterocycles. The van der Waals surface area contributed by atoms with E-state index in [2.05, 4.69) is 18.7 Å². The highest BCUT2D eigenvalue weighted by Crippen LogP contribution is 2.29. The Hall–Kier alpha value is -2.66. The summed E-state index contributed by atoms with van der Waals surface area (Å²) in [5, 5.41) is 2.25. The standard InChI is InChI=1S/C20H22N2O3/c1-4-17(16-10-9-14-7-5-6-8-15(14)13-16)18(21(2)3)19(23)22-11-12-25-20(22)24/h4-10,13,17-18H,1,11-12H2,2-3H3/t17-,18-/m0/s1. The van der Waals surface area contributed by atoms with Gasteiger partial charge in [0, 0.05) is 5.92 Å². The van der Waals surface area contributed by atoms with Gasteiger partial charge in [-0.1, -0.05) is 48.5 Å². The van der Waals surface area contributed by atoms with Crippen LogP contribution in [0.25, 0.3) is 10.8 Å². The summed E-state index contributed by atoms with van der Waals surface area (Å²) in [5.74, 6) is -0.494. The molecule has 2 aromatic rings. The van der Waals surface area contributed by atoms with Crippen molar-refractivity contribution in [2.75, 3.05) is 27.2 Å². The zero-order valence-electron chi connectivity index (χ0n) is 14.5. The molecular formula is C20H22N2O3. The van der Waals surface area contributed by atoms with Crippen molar-refractivity contribution in [2.24, 2.45) is 0 Å². The Kier molecular flexibility index (Phi) is 4.86. The van der Waals surface area contributed by atoms with E-state index < -0.39 is 12.1 Å². The molecule has 0 radical (unpaired) electrons. The van der Waals surface area contributed by atoms with E-state index in [1.165, 1.54) is 4.90 Å². The number of likely N-dealkylation sites (N-methyl/N-ethyl adjacent to an activating group) is 1. The highest BCUT2D eigenvalue weighted by molar-refractivity contribution is 5.96. The van der Waals surface area contributed by atoms with Gasteiger partial charge in [-0.25, -0.2) is 9.69 Å². The normalized spacial score (nSPS) is 16.8. The van der Waals surface area contributed by atoms with E-state index in [0.717, 1.165) is 16.3 Å². The molecule has 0 N–H and O–H groups in total. The molecule has 2 atom stereocenters. The molecule has 25 heavy (non-hydrogen) atoms. The maximum Gasteiger partial charge on any atom is 0.416 e. The van der Waals surface area contributed by atoms with Crippen LogP contribution in [0, 0.1) is 0 Å². The summed E-state index contributed by atoms with van der Waals surface area (Å²) in [6.07, 6.45) is 1.20. The average molecular weight is 338 g/mol. The third-order valence-corrected chi connectivity index (χ3v) is 4.59. The molecule has 3 rings (SSSR count). The van der Waals surface area contributed by atoms with Crippen LogP contribution in [0.2, 0.25) is 0 Å². The highest BCUT2D eigenvalue weighted by atomic mass is 16.6. The lowest BCUT2D eigenvalue weighted by molar-refractivity contribution is -0.132. The zero-order chi connectivity index (χ0) is 18.0. The molecule has 5 nitrogen and oxygen atoms in total. The summed E-state index contributed by atoms with van der Waals surface area (Å²) in [4.78, 5) is 27.8. The molecule has 130 valence electrons. The third-order valence-electron chi connectivity index (χ3n) is 4.59. The first-order chi connectivity index (χ1) is 12.0. The molecule has 1 heterocycles. The van der Waals surface area contributed by atoms with Crippen molar-refractivity contribution in [2.45, 2.75) is 12.0 Å². The minimum absolute atomic E-state index is 0.236. The summed E-state index contributed by atoms with van der Waals surface area (Å²) in [6, 6.07) is 13.7. The number of imide groups is 1. The van der Waals surface area contributed by atoms with Crippen LogP contribution in [0.15, 0.2) is 55.1 Å². The van der Waals surface area contributed by atoms with E-state index >= 15 is 0 Å². The Morgan fingerprint density at radius 1 is 1.24 bits per heavy atom. The first-order valence-corrected chi connectivity index (χ1v) is 8.28. The van der Waals surface area contributed by atoms with Crippen molar-refractivity contribution in [1.82, 2.24) is 9.80 Å². The van der Waals surface area contributed by atoms with Crippen LogP contribution >= 0.6 is 0 Å². The second-order valence-corrected chi connectivity index (χ2v) is 6.38. The lowest BCUT2D eigenvalue weighted by atomic mass is 9.88. The third kappa shape index (κ3) is 3.28. The monoisotopic (exact) mass is 338 g/mol. The number of nitrogens with zero attached hydrogens (tertiary/aromatic N) is 2. The fourth-order valence-electron chi connectivity index (χ4n) is 3.31. The number of hydrogen-bond acceptors (Lipinski definition) is 4. The predicted octanol–water partition coefficient (Wildman–Crippen LogP) is 3.02. The van der Waals surface area contributed by atoms with Gasteiger partial charge in [0.25, 0.3) is 0 Å². The zero-order valence-corrected chi connectivity index (χ0v) is 14.5. The number of carbonyl (C=O) groups excluding carboxylic acids is 2. The van der Waals surface area contributed by atoms with Crippen LogP contribution in [-0.4, -0.2) is 55.1 Å². The Morgan fingerprint density at radius 3 is 2.56 bits per heavy atom. The van der Waals surface area contributed by atoms with Crippen LogP contribution < -0.4 is 0 Å². The van der Waals surface area contributed by atoms with Crippen molar-refractivity contribution in [1.29, 1.82) is 0 Å². The first kappa shape index (κ1) is 17.2. The molecule has 2 amide bonds. The fraction of sp³-hybridized carbons (Fsp3) is 0.300. The Labute approximate surface area is 147 Å². The van der Waals surface area contributed by atoms with E-state index in [1.807, 2.05) is 49.3 Å². The maximum atomic E-state index is 13.0. The van der Waals surface area contributed by atoms with Crippen molar-refractivity contribution in [3.63, 3.8) is 0 Å². The Morgan fingerprint density at radius 2 is 1.96 bits per heavy atom. The predicted molar refractivity (Wildman–Crippen MR) is 97.4 cm³/mol. The van der Waals surface area contributed by atoms with Crippen LogP contribution in [0.1, 0.15) is 11.5 Å². The molecule has 0 aromatic heterocycles. The van der Waals surface area contributed by atoms with Crippen LogP contribution in [0.4, 0.5) is 4.79 Å². The summed E-state index contributed by atoms with van der Waals surface area (Å²) in [5.41, 5.74) is 0.994. The summed E-state index contributed by atoms with van der Waals surface area (Å²) >= 11 is 0. The molecule has 0 spiro atoms. The van der Waals surface area contributed by atoms with Crippen molar-refractivity contribution in [3.8, 4) is 0 Å². The van der Waals surface area contributed by atoms with E-state index in [9.17, 15) is 9.59 Å². The lowest BCUT2D eigenvalue weighted by Gasteiger charge is -2.31. The van der Waals surface area contributed by atoms with Gasteiger partial charge in [0.1, 0.15) is 6.61 Å². The molecule has 0 unspecified atom stereocenters. The number of fused-ring (bicyclic) bond motifs is 1. The average Bonchev–Trinajstić information content (AvgIpc) is 3.04. The van der Waals surface area contributed by atoms with Crippen molar-refractivity contribution >= 4 is 22.8 Å².